The van der Waals surface area contributed by atoms with Crippen LogP contribution in [-0.2, 0) is 0 Å². The number of aromatic nitrogens is 4. The first kappa shape index (κ1) is 10.1. The summed E-state index contributed by atoms with van der Waals surface area (Å²) in [5.74, 6) is 1.03. The Morgan fingerprint density at radius 3 is 2.94 bits per heavy atom. The molecule has 3 aromatic heterocycles. The molecule has 0 unspecified atom stereocenters. The summed E-state index contributed by atoms with van der Waals surface area (Å²) >= 11 is 1.60. The summed E-state index contributed by atoms with van der Waals surface area (Å²) in [6.45, 7) is 2.02. The van der Waals surface area contributed by atoms with Gasteiger partial charge in [-0.25, -0.2) is 19.9 Å². The summed E-state index contributed by atoms with van der Waals surface area (Å²) in [6, 6.07) is 3.76. The average Bonchev–Trinajstić information content (AvgIpc) is 2.71. The van der Waals surface area contributed by atoms with Crippen LogP contribution in [0.1, 0.15) is 4.88 Å². The molecule has 0 aliphatic carbocycles. The molecule has 0 aromatic carbocycles. The van der Waals surface area contributed by atoms with Gasteiger partial charge in [-0.2, -0.15) is 0 Å². The summed E-state index contributed by atoms with van der Waals surface area (Å²) in [6.07, 6.45) is 3.13. The van der Waals surface area contributed by atoms with Gasteiger partial charge in [-0.15, -0.1) is 11.3 Å². The number of nitrogens with zero attached hydrogens (tertiary/aromatic N) is 4. The molecule has 0 aliphatic rings. The molecule has 0 saturated carbocycles. The molecule has 84 valence electrons. The molecule has 6 heteroatoms. The van der Waals surface area contributed by atoms with Gasteiger partial charge in [-0.05, 0) is 19.1 Å². The molecule has 17 heavy (non-hydrogen) atoms. The molecular formula is C11H9N5S. The zero-order chi connectivity index (χ0) is 11.8. The minimum absolute atomic E-state index is 0.493. The van der Waals surface area contributed by atoms with Gasteiger partial charge in [0.2, 0.25) is 0 Å². The number of aryl methyl sites for hydroxylation is 1. The lowest BCUT2D eigenvalue weighted by atomic mass is 10.3. The summed E-state index contributed by atoms with van der Waals surface area (Å²) < 4.78 is 0. The molecule has 0 aliphatic heterocycles. The largest absolute Gasteiger partial charge is 0.383 e. The predicted molar refractivity (Wildman–Crippen MR) is 67.6 cm³/mol. The van der Waals surface area contributed by atoms with Crippen molar-refractivity contribution in [3.8, 4) is 11.5 Å². The second-order valence-corrected chi connectivity index (χ2v) is 4.84. The third kappa shape index (κ3) is 1.72. The first-order chi connectivity index (χ1) is 8.24. The Labute approximate surface area is 101 Å². The predicted octanol–water partition coefficient (Wildman–Crippen LogP) is 2.04. The number of nitrogens with two attached hydrogens (primary N) is 1. The van der Waals surface area contributed by atoms with Gasteiger partial charge in [0, 0.05) is 11.1 Å². The molecule has 3 rings (SSSR count). The Hall–Kier alpha value is -2.08. The molecular weight excluding hydrogens is 234 g/mol. The fraction of sp³-hybridized carbons (Fsp3) is 0.0909. The van der Waals surface area contributed by atoms with Gasteiger partial charge in [-0.1, -0.05) is 0 Å². The van der Waals surface area contributed by atoms with Crippen LogP contribution in [0.25, 0.3) is 21.7 Å². The number of fused-ring (bicyclic) bond motifs is 1. The third-order valence-corrected chi connectivity index (χ3v) is 3.30. The number of nitrogen functional groups attached to an aromatic ring is 1. The number of hydrogen-bond acceptors (Lipinski definition) is 6. The van der Waals surface area contributed by atoms with E-state index in [1.807, 2.05) is 13.0 Å². The standard InChI is InChI=1S/C11H9N5S/c1-6-4-7-9(12)15-10(16-11(7)17-6)8-2-3-13-5-14-8/h2-5H,1H3,(H2,12,15,16). The van der Waals surface area contributed by atoms with E-state index in [0.717, 1.165) is 10.2 Å². The van der Waals surface area contributed by atoms with Crippen molar-refractivity contribution in [1.82, 2.24) is 19.9 Å². The number of anilines is 1. The van der Waals surface area contributed by atoms with E-state index >= 15 is 0 Å². The zero-order valence-electron chi connectivity index (χ0n) is 9.08. The fourth-order valence-electron chi connectivity index (χ4n) is 1.60. The van der Waals surface area contributed by atoms with Gasteiger partial charge < -0.3 is 5.73 Å². The van der Waals surface area contributed by atoms with E-state index in [9.17, 15) is 0 Å². The molecule has 5 nitrogen and oxygen atoms in total. The van der Waals surface area contributed by atoms with E-state index in [-0.39, 0.29) is 0 Å². The van der Waals surface area contributed by atoms with Crippen molar-refractivity contribution in [3.63, 3.8) is 0 Å². The Balaban J connectivity index is 2.25. The van der Waals surface area contributed by atoms with E-state index in [2.05, 4.69) is 19.9 Å². The molecule has 3 aromatic rings. The summed E-state index contributed by atoms with van der Waals surface area (Å²) in [7, 11) is 0. The van der Waals surface area contributed by atoms with Crippen molar-refractivity contribution in [1.29, 1.82) is 0 Å². The average molecular weight is 243 g/mol. The van der Waals surface area contributed by atoms with Crippen molar-refractivity contribution in [2.45, 2.75) is 6.92 Å². The van der Waals surface area contributed by atoms with Gasteiger partial charge in [0.25, 0.3) is 0 Å². The van der Waals surface area contributed by atoms with Gasteiger partial charge in [0.05, 0.1) is 5.39 Å². The third-order valence-electron chi connectivity index (χ3n) is 2.36. The molecule has 0 spiro atoms. The van der Waals surface area contributed by atoms with Gasteiger partial charge >= 0.3 is 0 Å². The van der Waals surface area contributed by atoms with Crippen LogP contribution in [0.4, 0.5) is 5.82 Å². The fourth-order valence-corrected chi connectivity index (χ4v) is 2.49. The van der Waals surface area contributed by atoms with E-state index < -0.39 is 0 Å². The molecule has 3 heterocycles. The minimum Gasteiger partial charge on any atom is -0.383 e. The van der Waals surface area contributed by atoms with Crippen molar-refractivity contribution in [2.75, 3.05) is 5.73 Å². The number of rotatable bonds is 1. The van der Waals surface area contributed by atoms with Crippen molar-refractivity contribution < 1.29 is 0 Å². The van der Waals surface area contributed by atoms with Crippen LogP contribution in [-0.4, -0.2) is 19.9 Å². The normalized spacial score (nSPS) is 10.9. The van der Waals surface area contributed by atoms with Crippen LogP contribution in [0.3, 0.4) is 0 Å². The topological polar surface area (TPSA) is 77.6 Å². The molecule has 0 atom stereocenters. The summed E-state index contributed by atoms with van der Waals surface area (Å²) in [5, 5.41) is 0.908. The van der Waals surface area contributed by atoms with Gasteiger partial charge in [-0.3, -0.25) is 0 Å². The SMILES string of the molecule is Cc1cc2c(N)nc(-c3ccncn3)nc2s1. The molecule has 0 bridgehead atoms. The Kier molecular flexibility index (Phi) is 2.22. The number of hydrogen-bond donors (Lipinski definition) is 1. The van der Waals surface area contributed by atoms with Crippen molar-refractivity contribution >= 4 is 27.4 Å². The number of thiophene rings is 1. The van der Waals surface area contributed by atoms with Crippen LogP contribution in [0.2, 0.25) is 0 Å². The van der Waals surface area contributed by atoms with E-state index in [0.29, 0.717) is 17.3 Å². The molecule has 0 amide bonds. The Bertz CT molecular complexity index is 677. The van der Waals surface area contributed by atoms with Crippen molar-refractivity contribution in [2.24, 2.45) is 0 Å². The maximum Gasteiger partial charge on any atom is 0.181 e. The second-order valence-electron chi connectivity index (χ2n) is 3.60. The van der Waals surface area contributed by atoms with Gasteiger partial charge in [0.1, 0.15) is 22.7 Å². The second kappa shape index (κ2) is 3.74. The molecule has 0 radical (unpaired) electrons. The zero-order valence-corrected chi connectivity index (χ0v) is 9.90. The van der Waals surface area contributed by atoms with Crippen LogP contribution < -0.4 is 5.73 Å². The highest BCUT2D eigenvalue weighted by Gasteiger charge is 2.10. The first-order valence-corrected chi connectivity index (χ1v) is 5.86. The lowest BCUT2D eigenvalue weighted by molar-refractivity contribution is 1.13. The maximum atomic E-state index is 5.92. The monoisotopic (exact) mass is 243 g/mol. The first-order valence-electron chi connectivity index (χ1n) is 5.04. The molecule has 2 N–H and O–H groups in total. The summed E-state index contributed by atoms with van der Waals surface area (Å²) in [5.41, 5.74) is 6.60. The minimum atomic E-state index is 0.493. The van der Waals surface area contributed by atoms with E-state index in [1.54, 1.807) is 23.6 Å². The van der Waals surface area contributed by atoms with E-state index in [1.165, 1.54) is 11.2 Å². The quantitative estimate of drug-likeness (QED) is 0.707. The Morgan fingerprint density at radius 1 is 1.29 bits per heavy atom. The van der Waals surface area contributed by atoms with Crippen LogP contribution in [0, 0.1) is 6.92 Å². The molecule has 0 saturated heterocycles. The highest BCUT2D eigenvalue weighted by atomic mass is 32.1. The Morgan fingerprint density at radius 2 is 2.18 bits per heavy atom. The smallest absolute Gasteiger partial charge is 0.181 e. The highest BCUT2D eigenvalue weighted by molar-refractivity contribution is 7.18. The molecule has 0 fully saturated rings. The highest BCUT2D eigenvalue weighted by Crippen LogP contribution is 2.28. The van der Waals surface area contributed by atoms with Crippen molar-refractivity contribution in [3.05, 3.63) is 29.5 Å². The van der Waals surface area contributed by atoms with Crippen LogP contribution in [0.5, 0.6) is 0 Å². The lowest BCUT2D eigenvalue weighted by Gasteiger charge is -2.00. The van der Waals surface area contributed by atoms with Crippen LogP contribution >= 0.6 is 11.3 Å². The summed E-state index contributed by atoms with van der Waals surface area (Å²) in [4.78, 5) is 18.8. The van der Waals surface area contributed by atoms with Crippen LogP contribution in [0.15, 0.2) is 24.7 Å². The van der Waals surface area contributed by atoms with Gasteiger partial charge in [0.15, 0.2) is 5.82 Å². The van der Waals surface area contributed by atoms with E-state index in [4.69, 9.17) is 5.73 Å². The maximum absolute atomic E-state index is 5.92. The lowest BCUT2D eigenvalue weighted by Crippen LogP contribution is -1.97.